The lowest BCUT2D eigenvalue weighted by Gasteiger charge is -2.21. The largest absolute Gasteiger partial charge is 0.496 e. The zero-order valence-electron chi connectivity index (χ0n) is 13.8. The summed E-state index contributed by atoms with van der Waals surface area (Å²) >= 11 is 0. The van der Waals surface area contributed by atoms with E-state index < -0.39 is 0 Å². The first-order chi connectivity index (χ1) is 10.7. The first-order valence-corrected chi connectivity index (χ1v) is 8.01. The van der Waals surface area contributed by atoms with Crippen molar-refractivity contribution in [2.45, 2.75) is 44.9 Å². The zero-order valence-corrected chi connectivity index (χ0v) is 13.8. The quantitative estimate of drug-likeness (QED) is 0.830. The molecule has 0 aliphatic heterocycles. The minimum atomic E-state index is 0.0901. The molecule has 0 aromatic heterocycles. The molecular weight excluding hydrogens is 280 g/mol. The first-order valence-electron chi connectivity index (χ1n) is 8.01. The van der Waals surface area contributed by atoms with Crippen molar-refractivity contribution in [1.82, 2.24) is 0 Å². The maximum atomic E-state index is 12.4. The van der Waals surface area contributed by atoms with Crippen molar-refractivity contribution < 1.29 is 19.0 Å². The van der Waals surface area contributed by atoms with E-state index in [0.717, 1.165) is 30.6 Å². The number of methoxy groups -OCH3 is 3. The average Bonchev–Trinajstić information content (AvgIpc) is 2.53. The van der Waals surface area contributed by atoms with E-state index in [4.69, 9.17) is 14.2 Å². The van der Waals surface area contributed by atoms with Crippen LogP contribution in [0.3, 0.4) is 0 Å². The molecule has 122 valence electrons. The molecule has 0 radical (unpaired) electrons. The van der Waals surface area contributed by atoms with Gasteiger partial charge < -0.3 is 14.2 Å². The molecule has 4 heteroatoms. The van der Waals surface area contributed by atoms with Crippen molar-refractivity contribution in [3.8, 4) is 17.2 Å². The molecule has 0 saturated heterocycles. The predicted molar refractivity (Wildman–Crippen MR) is 86.0 cm³/mol. The van der Waals surface area contributed by atoms with Crippen molar-refractivity contribution in [1.29, 1.82) is 0 Å². The van der Waals surface area contributed by atoms with E-state index in [9.17, 15) is 4.79 Å². The number of ketones is 1. The van der Waals surface area contributed by atoms with Gasteiger partial charge in [0.25, 0.3) is 0 Å². The molecule has 1 aromatic carbocycles. The van der Waals surface area contributed by atoms with Crippen LogP contribution in [0.2, 0.25) is 0 Å². The number of hydrogen-bond donors (Lipinski definition) is 0. The molecule has 1 aliphatic carbocycles. The van der Waals surface area contributed by atoms with Crippen molar-refractivity contribution >= 4 is 5.78 Å². The predicted octanol–water partition coefficient (Wildman–Crippen LogP) is 3.79. The minimum absolute atomic E-state index is 0.0901. The average molecular weight is 306 g/mol. The lowest BCUT2D eigenvalue weighted by Crippen LogP contribution is -2.19. The van der Waals surface area contributed by atoms with Crippen LogP contribution in [0, 0.1) is 5.92 Å². The van der Waals surface area contributed by atoms with Gasteiger partial charge in [-0.15, -0.1) is 0 Å². The fourth-order valence-electron chi connectivity index (χ4n) is 3.14. The third-order valence-corrected chi connectivity index (χ3v) is 4.43. The van der Waals surface area contributed by atoms with E-state index in [1.807, 2.05) is 12.1 Å². The highest BCUT2D eigenvalue weighted by Crippen LogP contribution is 2.36. The minimum Gasteiger partial charge on any atom is -0.496 e. The Morgan fingerprint density at radius 3 is 2.23 bits per heavy atom. The van der Waals surface area contributed by atoms with Crippen molar-refractivity contribution in [2.24, 2.45) is 5.92 Å². The number of hydrogen-bond acceptors (Lipinski definition) is 4. The topological polar surface area (TPSA) is 44.8 Å². The van der Waals surface area contributed by atoms with Crippen molar-refractivity contribution in [2.75, 3.05) is 21.3 Å². The molecule has 4 nitrogen and oxygen atoms in total. The number of Topliss-reactive ketones (excluding diaryl/α,β-unsaturated/α-hetero) is 1. The fraction of sp³-hybridized carbons (Fsp3) is 0.611. The van der Waals surface area contributed by atoms with Crippen LogP contribution < -0.4 is 14.2 Å². The first kappa shape index (κ1) is 16.7. The zero-order chi connectivity index (χ0) is 15.9. The number of ether oxygens (including phenoxy) is 3. The monoisotopic (exact) mass is 306 g/mol. The maximum Gasteiger partial charge on any atom is 0.164 e. The highest BCUT2D eigenvalue weighted by Gasteiger charge is 2.22. The Labute approximate surface area is 132 Å². The summed E-state index contributed by atoms with van der Waals surface area (Å²) in [5.74, 6) is 2.56. The summed E-state index contributed by atoms with van der Waals surface area (Å²) in [7, 11) is 4.87. The van der Waals surface area contributed by atoms with E-state index in [-0.39, 0.29) is 5.92 Å². The van der Waals surface area contributed by atoms with Gasteiger partial charge >= 0.3 is 0 Å². The van der Waals surface area contributed by atoms with Gasteiger partial charge in [-0.2, -0.15) is 0 Å². The summed E-state index contributed by atoms with van der Waals surface area (Å²) in [4.78, 5) is 12.4. The maximum absolute atomic E-state index is 12.4. The SMILES string of the molecule is COc1cc(OC)c(OC)cc1CC1CCCCCCC1=O. The molecule has 1 aromatic rings. The molecule has 0 bridgehead atoms. The second-order valence-electron chi connectivity index (χ2n) is 5.84. The number of carbonyl (C=O) groups is 1. The van der Waals surface area contributed by atoms with E-state index >= 15 is 0 Å². The van der Waals surface area contributed by atoms with Crippen LogP contribution in [-0.4, -0.2) is 27.1 Å². The van der Waals surface area contributed by atoms with Gasteiger partial charge in [0.15, 0.2) is 11.5 Å². The Morgan fingerprint density at radius 2 is 1.55 bits per heavy atom. The summed E-state index contributed by atoms with van der Waals surface area (Å²) in [6.45, 7) is 0. The van der Waals surface area contributed by atoms with Gasteiger partial charge in [-0.3, -0.25) is 4.79 Å². The normalized spacial score (nSPS) is 19.2. The third kappa shape index (κ3) is 3.93. The van der Waals surface area contributed by atoms with Gasteiger partial charge in [-0.25, -0.2) is 0 Å². The highest BCUT2D eigenvalue weighted by molar-refractivity contribution is 5.81. The Hall–Kier alpha value is -1.71. The van der Waals surface area contributed by atoms with Crippen LogP contribution in [0.25, 0.3) is 0 Å². The second-order valence-corrected chi connectivity index (χ2v) is 5.84. The van der Waals surface area contributed by atoms with Crippen LogP contribution in [0.1, 0.15) is 44.1 Å². The summed E-state index contributed by atoms with van der Waals surface area (Å²) in [5.41, 5.74) is 1.01. The van der Waals surface area contributed by atoms with Crippen molar-refractivity contribution in [3.63, 3.8) is 0 Å². The molecule has 0 heterocycles. The van der Waals surface area contributed by atoms with E-state index in [1.165, 1.54) is 12.8 Å². The molecule has 22 heavy (non-hydrogen) atoms. The lowest BCUT2D eigenvalue weighted by atomic mass is 9.85. The molecule has 1 aliphatic rings. The second kappa shape index (κ2) is 8.06. The van der Waals surface area contributed by atoms with Crippen LogP contribution in [0.15, 0.2) is 12.1 Å². The Balaban J connectivity index is 2.24. The number of carbonyl (C=O) groups excluding carboxylic acids is 1. The Morgan fingerprint density at radius 1 is 0.909 bits per heavy atom. The van der Waals surface area contributed by atoms with Crippen molar-refractivity contribution in [3.05, 3.63) is 17.7 Å². The molecule has 1 fully saturated rings. The van der Waals surface area contributed by atoms with Gasteiger partial charge in [0.2, 0.25) is 0 Å². The summed E-state index contributed by atoms with van der Waals surface area (Å²) in [6.07, 6.45) is 6.95. The van der Waals surface area contributed by atoms with Crippen LogP contribution in [0.4, 0.5) is 0 Å². The van der Waals surface area contributed by atoms with Crippen LogP contribution in [-0.2, 0) is 11.2 Å². The van der Waals surface area contributed by atoms with Crippen LogP contribution in [0.5, 0.6) is 17.2 Å². The molecule has 0 N–H and O–H groups in total. The van der Waals surface area contributed by atoms with Gasteiger partial charge in [0.1, 0.15) is 11.5 Å². The molecule has 1 saturated carbocycles. The number of rotatable bonds is 5. The van der Waals surface area contributed by atoms with Gasteiger partial charge in [-0.05, 0) is 30.9 Å². The smallest absolute Gasteiger partial charge is 0.164 e. The summed E-state index contributed by atoms with van der Waals surface area (Å²) < 4.78 is 16.2. The van der Waals surface area contributed by atoms with E-state index in [2.05, 4.69) is 0 Å². The third-order valence-electron chi connectivity index (χ3n) is 4.43. The molecule has 0 amide bonds. The Bertz CT molecular complexity index is 510. The summed E-state index contributed by atoms with van der Waals surface area (Å²) in [6, 6.07) is 3.77. The molecule has 0 spiro atoms. The van der Waals surface area contributed by atoms with Gasteiger partial charge in [-0.1, -0.05) is 19.3 Å². The molecule has 1 unspecified atom stereocenters. The number of benzene rings is 1. The molecule has 2 rings (SSSR count). The lowest BCUT2D eigenvalue weighted by molar-refractivity contribution is -0.123. The molecular formula is C18H26O4. The fourth-order valence-corrected chi connectivity index (χ4v) is 3.14. The highest BCUT2D eigenvalue weighted by atomic mass is 16.5. The van der Waals surface area contributed by atoms with Gasteiger partial charge in [0, 0.05) is 18.4 Å². The standard InChI is InChI=1S/C18H26O4/c1-20-16-12-18(22-3)17(21-2)11-14(16)10-13-8-6-4-5-7-9-15(13)19/h11-13H,4-10H2,1-3H3. The van der Waals surface area contributed by atoms with Crippen LogP contribution >= 0.6 is 0 Å². The molecule has 1 atom stereocenters. The summed E-state index contributed by atoms with van der Waals surface area (Å²) in [5, 5.41) is 0. The Kier molecular flexibility index (Phi) is 6.10. The van der Waals surface area contributed by atoms with E-state index in [1.54, 1.807) is 21.3 Å². The van der Waals surface area contributed by atoms with Gasteiger partial charge in [0.05, 0.1) is 21.3 Å². The van der Waals surface area contributed by atoms with E-state index in [0.29, 0.717) is 30.1 Å².